The molecule has 0 aliphatic rings. The molecule has 0 aromatic heterocycles. The zero-order valence-corrected chi connectivity index (χ0v) is 9.88. The molecular formula is C10H11Cl2NO3. The van der Waals surface area contributed by atoms with Gasteiger partial charge >= 0.3 is 0 Å². The normalized spacial score (nSPS) is 9.94. The second kappa shape index (κ2) is 6.58. The Morgan fingerprint density at radius 1 is 1.44 bits per heavy atom. The number of benzene rings is 1. The van der Waals surface area contributed by atoms with Gasteiger partial charge in [0.05, 0.1) is 11.6 Å². The highest BCUT2D eigenvalue weighted by Crippen LogP contribution is 2.27. The minimum absolute atomic E-state index is 0.196. The van der Waals surface area contributed by atoms with Crippen LogP contribution in [-0.2, 0) is 4.79 Å². The molecule has 0 fully saturated rings. The van der Waals surface area contributed by atoms with Crippen LogP contribution in [0.25, 0.3) is 0 Å². The lowest BCUT2D eigenvalue weighted by Gasteiger charge is -2.07. The third-order valence-corrected chi connectivity index (χ3v) is 2.35. The van der Waals surface area contributed by atoms with Gasteiger partial charge < -0.3 is 4.74 Å². The molecule has 0 aliphatic carbocycles. The van der Waals surface area contributed by atoms with E-state index in [4.69, 9.17) is 33.1 Å². The number of hydroxylamine groups is 1. The Balaban J connectivity index is 2.35. The lowest BCUT2D eigenvalue weighted by Crippen LogP contribution is -2.18. The van der Waals surface area contributed by atoms with Gasteiger partial charge in [0.25, 0.3) is 0 Å². The first-order valence-electron chi connectivity index (χ1n) is 4.64. The Hall–Kier alpha value is -0.970. The molecule has 1 aromatic rings. The van der Waals surface area contributed by atoms with E-state index < -0.39 is 5.91 Å². The Labute approximate surface area is 103 Å². The van der Waals surface area contributed by atoms with Gasteiger partial charge in [-0.05, 0) is 24.6 Å². The highest BCUT2D eigenvalue weighted by Gasteiger charge is 2.03. The van der Waals surface area contributed by atoms with Gasteiger partial charge in [0, 0.05) is 11.4 Å². The molecule has 1 amide bonds. The highest BCUT2D eigenvalue weighted by atomic mass is 35.5. The Kier molecular flexibility index (Phi) is 5.38. The molecule has 4 nitrogen and oxygen atoms in total. The van der Waals surface area contributed by atoms with Crippen molar-refractivity contribution in [2.75, 3.05) is 6.61 Å². The van der Waals surface area contributed by atoms with E-state index in [0.29, 0.717) is 28.8 Å². The summed E-state index contributed by atoms with van der Waals surface area (Å²) in [6.07, 6.45) is 0.688. The summed E-state index contributed by atoms with van der Waals surface area (Å²) in [5, 5.41) is 9.22. The van der Waals surface area contributed by atoms with Crippen LogP contribution in [0.1, 0.15) is 12.8 Å². The van der Waals surface area contributed by atoms with Crippen LogP contribution in [0, 0.1) is 0 Å². The third-order valence-electron chi connectivity index (χ3n) is 1.82. The summed E-state index contributed by atoms with van der Waals surface area (Å²) in [6.45, 7) is 0.342. The van der Waals surface area contributed by atoms with Crippen LogP contribution in [0.2, 0.25) is 10.0 Å². The third kappa shape index (κ3) is 4.26. The number of nitrogens with one attached hydrogen (secondary N) is 1. The van der Waals surface area contributed by atoms with Crippen LogP contribution in [0.5, 0.6) is 5.75 Å². The second-order valence-corrected chi connectivity index (χ2v) is 3.91. The van der Waals surface area contributed by atoms with E-state index in [2.05, 4.69) is 0 Å². The number of hydrogen-bond acceptors (Lipinski definition) is 3. The summed E-state index contributed by atoms with van der Waals surface area (Å²) in [4.78, 5) is 10.7. The van der Waals surface area contributed by atoms with Gasteiger partial charge in [-0.25, -0.2) is 5.48 Å². The smallest absolute Gasteiger partial charge is 0.243 e. The predicted octanol–water partition coefficient (Wildman–Crippen LogP) is 2.66. The minimum atomic E-state index is -0.439. The highest BCUT2D eigenvalue weighted by molar-refractivity contribution is 6.35. The summed E-state index contributed by atoms with van der Waals surface area (Å²) in [5.41, 5.74) is 1.54. The molecule has 88 valence electrons. The van der Waals surface area contributed by atoms with Gasteiger partial charge in [-0.15, -0.1) is 0 Å². The van der Waals surface area contributed by atoms with Crippen molar-refractivity contribution < 1.29 is 14.7 Å². The van der Waals surface area contributed by atoms with E-state index >= 15 is 0 Å². The zero-order valence-electron chi connectivity index (χ0n) is 8.37. The summed E-state index contributed by atoms with van der Waals surface area (Å²) < 4.78 is 5.33. The van der Waals surface area contributed by atoms with Crippen LogP contribution in [0.3, 0.4) is 0 Å². The molecule has 0 aliphatic heterocycles. The number of hydrogen-bond donors (Lipinski definition) is 2. The minimum Gasteiger partial charge on any atom is -0.492 e. The van der Waals surface area contributed by atoms with Crippen molar-refractivity contribution in [1.29, 1.82) is 0 Å². The summed E-state index contributed by atoms with van der Waals surface area (Å²) in [7, 11) is 0. The van der Waals surface area contributed by atoms with Crippen molar-refractivity contribution in [2.45, 2.75) is 12.8 Å². The van der Waals surface area contributed by atoms with E-state index in [1.807, 2.05) is 0 Å². The zero-order chi connectivity index (χ0) is 12.0. The van der Waals surface area contributed by atoms with Gasteiger partial charge in [-0.3, -0.25) is 10.0 Å². The number of carbonyl (C=O) groups excluding carboxylic acids is 1. The van der Waals surface area contributed by atoms with Crippen LogP contribution < -0.4 is 10.2 Å². The topological polar surface area (TPSA) is 58.6 Å². The van der Waals surface area contributed by atoms with Gasteiger partial charge in [0.2, 0.25) is 5.91 Å². The summed E-state index contributed by atoms with van der Waals surface area (Å²) in [5.74, 6) is 0.0845. The van der Waals surface area contributed by atoms with Gasteiger partial charge in [0.1, 0.15) is 5.75 Å². The number of carbonyl (C=O) groups is 1. The fraction of sp³-hybridized carbons (Fsp3) is 0.300. The number of halogens is 2. The maximum Gasteiger partial charge on any atom is 0.243 e. The van der Waals surface area contributed by atoms with Crippen LogP contribution in [0.4, 0.5) is 0 Å². The SMILES string of the molecule is O=C(CCCOc1ccc(Cl)cc1Cl)NO. The van der Waals surface area contributed by atoms with E-state index in [1.165, 1.54) is 0 Å². The molecule has 16 heavy (non-hydrogen) atoms. The van der Waals surface area contributed by atoms with E-state index in [0.717, 1.165) is 0 Å². The van der Waals surface area contributed by atoms with Crippen LogP contribution in [-0.4, -0.2) is 17.7 Å². The molecular weight excluding hydrogens is 253 g/mol. The quantitative estimate of drug-likeness (QED) is 0.488. The molecule has 6 heteroatoms. The van der Waals surface area contributed by atoms with Gasteiger partial charge in [-0.1, -0.05) is 23.2 Å². The molecule has 0 saturated carbocycles. The summed E-state index contributed by atoms with van der Waals surface area (Å²) >= 11 is 11.6. The lowest BCUT2D eigenvalue weighted by atomic mass is 10.3. The number of amides is 1. The Bertz CT molecular complexity index is 371. The van der Waals surface area contributed by atoms with Crippen LogP contribution >= 0.6 is 23.2 Å². The van der Waals surface area contributed by atoms with Crippen LogP contribution in [0.15, 0.2) is 18.2 Å². The van der Waals surface area contributed by atoms with E-state index in [-0.39, 0.29) is 6.42 Å². The lowest BCUT2D eigenvalue weighted by molar-refractivity contribution is -0.129. The first kappa shape index (κ1) is 13.1. The Morgan fingerprint density at radius 2 is 2.19 bits per heavy atom. The average molecular weight is 264 g/mol. The average Bonchev–Trinajstić information content (AvgIpc) is 2.26. The Morgan fingerprint density at radius 3 is 2.81 bits per heavy atom. The van der Waals surface area contributed by atoms with Crippen molar-refractivity contribution in [3.63, 3.8) is 0 Å². The second-order valence-electron chi connectivity index (χ2n) is 3.06. The van der Waals surface area contributed by atoms with E-state index in [1.54, 1.807) is 23.7 Å². The van der Waals surface area contributed by atoms with Gasteiger partial charge in [-0.2, -0.15) is 0 Å². The molecule has 0 saturated heterocycles. The number of ether oxygens (including phenoxy) is 1. The number of rotatable bonds is 5. The molecule has 0 spiro atoms. The van der Waals surface area contributed by atoms with Gasteiger partial charge in [0.15, 0.2) is 0 Å². The fourth-order valence-corrected chi connectivity index (χ4v) is 1.53. The molecule has 0 heterocycles. The maximum atomic E-state index is 10.7. The van der Waals surface area contributed by atoms with Crippen molar-refractivity contribution in [3.05, 3.63) is 28.2 Å². The molecule has 0 bridgehead atoms. The fourth-order valence-electron chi connectivity index (χ4n) is 1.06. The van der Waals surface area contributed by atoms with Crippen molar-refractivity contribution in [2.24, 2.45) is 0 Å². The van der Waals surface area contributed by atoms with Crippen molar-refractivity contribution in [3.8, 4) is 5.75 Å². The molecule has 1 rings (SSSR count). The predicted molar refractivity (Wildman–Crippen MR) is 61.1 cm³/mol. The molecule has 0 unspecified atom stereocenters. The first-order chi connectivity index (χ1) is 7.63. The molecule has 2 N–H and O–H groups in total. The molecule has 0 atom stereocenters. The largest absolute Gasteiger partial charge is 0.492 e. The van der Waals surface area contributed by atoms with E-state index in [9.17, 15) is 4.79 Å². The first-order valence-corrected chi connectivity index (χ1v) is 5.40. The molecule has 1 aromatic carbocycles. The molecule has 0 radical (unpaired) electrons. The van der Waals surface area contributed by atoms with Crippen molar-refractivity contribution >= 4 is 29.1 Å². The van der Waals surface area contributed by atoms with Crippen molar-refractivity contribution in [1.82, 2.24) is 5.48 Å². The maximum absolute atomic E-state index is 10.7. The summed E-state index contributed by atoms with van der Waals surface area (Å²) in [6, 6.07) is 4.92. The standard InChI is InChI=1S/C10H11Cl2NO3/c11-7-3-4-9(8(12)6-7)16-5-1-2-10(14)13-15/h3-4,6,15H,1-2,5H2,(H,13,14). The monoisotopic (exact) mass is 263 g/mol.